The van der Waals surface area contributed by atoms with Crippen LogP contribution in [0.2, 0.25) is 0 Å². The third kappa shape index (κ3) is 3.09. The van der Waals surface area contributed by atoms with E-state index in [1.54, 1.807) is 13.4 Å². The summed E-state index contributed by atoms with van der Waals surface area (Å²) >= 11 is 0. The Morgan fingerprint density at radius 2 is 2.53 bits per heavy atom. The van der Waals surface area contributed by atoms with Gasteiger partial charge in [0.1, 0.15) is 5.76 Å². The van der Waals surface area contributed by atoms with Gasteiger partial charge in [0.05, 0.1) is 12.9 Å². The number of furan rings is 1. The van der Waals surface area contributed by atoms with Crippen LogP contribution in [-0.2, 0) is 11.2 Å². The van der Waals surface area contributed by atoms with Gasteiger partial charge in [0, 0.05) is 37.8 Å². The molecule has 0 aromatic carbocycles. The van der Waals surface area contributed by atoms with Crippen LogP contribution in [0.3, 0.4) is 0 Å². The average molecular weight is 239 g/mol. The number of rotatable bonds is 6. The molecule has 1 aliphatic rings. The minimum absolute atomic E-state index is 0.0980. The van der Waals surface area contributed by atoms with Crippen molar-refractivity contribution in [3.05, 3.63) is 23.7 Å². The molecular weight excluding hydrogens is 218 g/mol. The average Bonchev–Trinajstić information content (AvgIpc) is 2.83. The van der Waals surface area contributed by atoms with E-state index >= 15 is 0 Å². The number of nitrogens with one attached hydrogen (secondary N) is 1. The van der Waals surface area contributed by atoms with Gasteiger partial charge in [-0.1, -0.05) is 0 Å². The Morgan fingerprint density at radius 3 is 3.29 bits per heavy atom. The highest BCUT2D eigenvalue weighted by atomic mass is 16.5. The monoisotopic (exact) mass is 239 g/mol. The zero-order valence-corrected chi connectivity index (χ0v) is 10.3. The first kappa shape index (κ1) is 12.6. The SMILES string of the molecule is COCCC(CO)NC1CCCc2occc21. The Balaban J connectivity index is 1.95. The van der Waals surface area contributed by atoms with E-state index in [4.69, 9.17) is 9.15 Å². The summed E-state index contributed by atoms with van der Waals surface area (Å²) in [5, 5.41) is 12.8. The highest BCUT2D eigenvalue weighted by Gasteiger charge is 2.24. The van der Waals surface area contributed by atoms with Crippen molar-refractivity contribution in [3.8, 4) is 0 Å². The number of aliphatic hydroxyl groups excluding tert-OH is 1. The lowest BCUT2D eigenvalue weighted by atomic mass is 9.92. The molecule has 2 unspecified atom stereocenters. The second-order valence-electron chi connectivity index (χ2n) is 4.57. The van der Waals surface area contributed by atoms with E-state index in [0.717, 1.165) is 31.4 Å². The summed E-state index contributed by atoms with van der Waals surface area (Å²) in [7, 11) is 1.68. The molecule has 1 heterocycles. The quantitative estimate of drug-likeness (QED) is 0.792. The smallest absolute Gasteiger partial charge is 0.108 e. The molecule has 2 N–H and O–H groups in total. The molecule has 0 spiro atoms. The molecule has 0 radical (unpaired) electrons. The van der Waals surface area contributed by atoms with Crippen LogP contribution >= 0.6 is 0 Å². The van der Waals surface area contributed by atoms with E-state index in [1.165, 1.54) is 5.56 Å². The van der Waals surface area contributed by atoms with Crippen LogP contribution in [0.4, 0.5) is 0 Å². The van der Waals surface area contributed by atoms with Crippen LogP contribution in [-0.4, -0.2) is 31.5 Å². The minimum atomic E-state index is 0.0980. The largest absolute Gasteiger partial charge is 0.469 e. The van der Waals surface area contributed by atoms with Crippen molar-refractivity contribution < 1.29 is 14.3 Å². The Hall–Kier alpha value is -0.840. The van der Waals surface area contributed by atoms with E-state index in [0.29, 0.717) is 12.6 Å². The van der Waals surface area contributed by atoms with Gasteiger partial charge in [-0.25, -0.2) is 0 Å². The van der Waals surface area contributed by atoms with Gasteiger partial charge in [0.25, 0.3) is 0 Å². The van der Waals surface area contributed by atoms with E-state index in [-0.39, 0.29) is 12.6 Å². The molecule has 0 fully saturated rings. The lowest BCUT2D eigenvalue weighted by molar-refractivity contribution is 0.153. The molecule has 1 aromatic heterocycles. The number of hydrogen-bond acceptors (Lipinski definition) is 4. The molecule has 17 heavy (non-hydrogen) atoms. The van der Waals surface area contributed by atoms with Crippen molar-refractivity contribution in [1.82, 2.24) is 5.32 Å². The Morgan fingerprint density at radius 1 is 1.65 bits per heavy atom. The zero-order valence-electron chi connectivity index (χ0n) is 10.3. The van der Waals surface area contributed by atoms with Crippen molar-refractivity contribution in [3.63, 3.8) is 0 Å². The first-order valence-corrected chi connectivity index (χ1v) is 6.27. The van der Waals surface area contributed by atoms with Crippen LogP contribution in [0.15, 0.2) is 16.7 Å². The second-order valence-corrected chi connectivity index (χ2v) is 4.57. The summed E-state index contributed by atoms with van der Waals surface area (Å²) in [5.41, 5.74) is 1.26. The molecule has 1 aliphatic carbocycles. The lowest BCUT2D eigenvalue weighted by Gasteiger charge is -2.27. The Bertz CT molecular complexity index is 337. The summed E-state index contributed by atoms with van der Waals surface area (Å²) in [6.45, 7) is 0.816. The van der Waals surface area contributed by atoms with Crippen LogP contribution in [0.25, 0.3) is 0 Å². The number of ether oxygens (including phenoxy) is 1. The number of methoxy groups -OCH3 is 1. The molecule has 0 bridgehead atoms. The van der Waals surface area contributed by atoms with E-state index in [9.17, 15) is 5.11 Å². The maximum atomic E-state index is 9.34. The van der Waals surface area contributed by atoms with Gasteiger partial charge in [0.15, 0.2) is 0 Å². The first-order chi connectivity index (χ1) is 8.35. The molecule has 96 valence electrons. The van der Waals surface area contributed by atoms with E-state index in [2.05, 4.69) is 5.32 Å². The van der Waals surface area contributed by atoms with Crippen LogP contribution in [0.5, 0.6) is 0 Å². The fraction of sp³-hybridized carbons (Fsp3) is 0.692. The van der Waals surface area contributed by atoms with Crippen LogP contribution < -0.4 is 5.32 Å². The van der Waals surface area contributed by atoms with Gasteiger partial charge >= 0.3 is 0 Å². The van der Waals surface area contributed by atoms with Gasteiger partial charge in [0.2, 0.25) is 0 Å². The minimum Gasteiger partial charge on any atom is -0.469 e. The van der Waals surface area contributed by atoms with Crippen molar-refractivity contribution in [2.75, 3.05) is 20.3 Å². The highest BCUT2D eigenvalue weighted by Crippen LogP contribution is 2.30. The van der Waals surface area contributed by atoms with Crippen molar-refractivity contribution in [2.45, 2.75) is 37.8 Å². The molecule has 0 saturated carbocycles. The van der Waals surface area contributed by atoms with Gasteiger partial charge in [-0.2, -0.15) is 0 Å². The first-order valence-electron chi connectivity index (χ1n) is 6.27. The predicted octanol–water partition coefficient (Wildman–Crippen LogP) is 1.64. The molecule has 2 atom stereocenters. The number of hydrogen-bond donors (Lipinski definition) is 2. The van der Waals surface area contributed by atoms with Gasteiger partial charge < -0.3 is 19.6 Å². The summed E-state index contributed by atoms with van der Waals surface area (Å²) in [6, 6.07) is 2.45. The van der Waals surface area contributed by atoms with Crippen molar-refractivity contribution in [2.24, 2.45) is 0 Å². The molecule has 1 aromatic rings. The maximum absolute atomic E-state index is 9.34. The molecule has 0 amide bonds. The normalized spacial score (nSPS) is 21.2. The Kier molecular flexibility index (Phi) is 4.59. The second kappa shape index (κ2) is 6.19. The number of aryl methyl sites for hydroxylation is 1. The van der Waals surface area contributed by atoms with Crippen LogP contribution in [0, 0.1) is 0 Å². The zero-order chi connectivity index (χ0) is 12.1. The predicted molar refractivity (Wildman–Crippen MR) is 64.9 cm³/mol. The molecule has 0 saturated heterocycles. The third-order valence-electron chi connectivity index (χ3n) is 3.38. The number of fused-ring (bicyclic) bond motifs is 1. The van der Waals surface area contributed by atoms with Crippen LogP contribution in [0.1, 0.15) is 36.6 Å². The molecule has 4 heteroatoms. The van der Waals surface area contributed by atoms with Gasteiger partial charge in [-0.05, 0) is 25.3 Å². The summed E-state index contributed by atoms with van der Waals surface area (Å²) in [5.74, 6) is 1.09. The van der Waals surface area contributed by atoms with Crippen molar-refractivity contribution in [1.29, 1.82) is 0 Å². The van der Waals surface area contributed by atoms with E-state index < -0.39 is 0 Å². The van der Waals surface area contributed by atoms with Gasteiger partial charge in [-0.3, -0.25) is 0 Å². The fourth-order valence-corrected chi connectivity index (χ4v) is 2.43. The van der Waals surface area contributed by atoms with Crippen molar-refractivity contribution >= 4 is 0 Å². The maximum Gasteiger partial charge on any atom is 0.108 e. The Labute approximate surface area is 102 Å². The molecule has 4 nitrogen and oxygen atoms in total. The summed E-state index contributed by atoms with van der Waals surface area (Å²) < 4.78 is 10.5. The highest BCUT2D eigenvalue weighted by molar-refractivity contribution is 5.24. The molecule has 0 aliphatic heterocycles. The molecular formula is C13H21NO3. The summed E-state index contributed by atoms with van der Waals surface area (Å²) in [4.78, 5) is 0. The van der Waals surface area contributed by atoms with Gasteiger partial charge in [-0.15, -0.1) is 0 Å². The standard InChI is InChI=1S/C13H21NO3/c1-16-7-5-10(9-15)14-12-3-2-4-13-11(12)6-8-17-13/h6,8,10,12,14-15H,2-5,7,9H2,1H3. The lowest BCUT2D eigenvalue weighted by Crippen LogP contribution is -2.37. The fourth-order valence-electron chi connectivity index (χ4n) is 2.43. The summed E-state index contributed by atoms with van der Waals surface area (Å²) in [6.07, 6.45) is 5.86. The topological polar surface area (TPSA) is 54.6 Å². The third-order valence-corrected chi connectivity index (χ3v) is 3.38. The molecule has 2 rings (SSSR count). The van der Waals surface area contributed by atoms with E-state index in [1.807, 2.05) is 6.07 Å². The number of aliphatic hydroxyl groups is 1.